The topological polar surface area (TPSA) is 109 Å². The number of benzene rings is 2. The van der Waals surface area contributed by atoms with Gasteiger partial charge >= 0.3 is 0 Å². The second-order valence-electron chi connectivity index (χ2n) is 8.53. The van der Waals surface area contributed by atoms with E-state index in [9.17, 15) is 9.18 Å². The molecule has 0 radical (unpaired) electrons. The minimum Gasteiger partial charge on any atom is -0.398 e. The van der Waals surface area contributed by atoms with E-state index in [1.54, 1.807) is 42.7 Å². The zero-order valence-electron chi connectivity index (χ0n) is 19.6. The Kier molecular flexibility index (Phi) is 6.32. The van der Waals surface area contributed by atoms with Crippen LogP contribution in [-0.2, 0) is 6.54 Å². The van der Waals surface area contributed by atoms with Crippen molar-refractivity contribution in [3.8, 4) is 11.1 Å². The third-order valence-corrected chi connectivity index (χ3v) is 6.07. The molecule has 0 spiro atoms. The molecule has 2 aromatic carbocycles. The highest BCUT2D eigenvalue weighted by molar-refractivity contribution is 6.01. The molecule has 0 aliphatic heterocycles. The second kappa shape index (κ2) is 9.87. The number of nitrogens with two attached hydrogens (primary N) is 1. The summed E-state index contributed by atoms with van der Waals surface area (Å²) in [5, 5.41) is 7.13. The molecule has 0 saturated carbocycles. The second-order valence-corrected chi connectivity index (χ2v) is 8.53. The number of aromatic nitrogens is 3. The lowest BCUT2D eigenvalue weighted by molar-refractivity contribution is 0.0940. The summed E-state index contributed by atoms with van der Waals surface area (Å²) in [7, 11) is 0. The highest BCUT2D eigenvalue weighted by Crippen LogP contribution is 2.32. The number of amides is 1. The van der Waals surface area contributed by atoms with Gasteiger partial charge < -0.3 is 21.4 Å². The normalized spacial score (nSPS) is 11.8. The maximum Gasteiger partial charge on any atom is 0.255 e. The molecule has 36 heavy (non-hydrogen) atoms. The summed E-state index contributed by atoms with van der Waals surface area (Å²) in [5.74, 6) is -0.102. The van der Waals surface area contributed by atoms with Crippen LogP contribution in [0.25, 0.3) is 22.2 Å². The zero-order valence-corrected chi connectivity index (χ0v) is 19.6. The lowest BCUT2D eigenvalue weighted by Crippen LogP contribution is -2.27. The Morgan fingerprint density at radius 3 is 2.72 bits per heavy atom. The quantitative estimate of drug-likeness (QED) is 0.248. The number of rotatable bonds is 7. The number of carbonyl (C=O) groups is 1. The molecule has 0 aliphatic carbocycles. The molecule has 0 fully saturated rings. The van der Waals surface area contributed by atoms with Crippen molar-refractivity contribution in [2.45, 2.75) is 19.5 Å². The highest BCUT2D eigenvalue weighted by atomic mass is 19.1. The first-order chi connectivity index (χ1) is 17.5. The summed E-state index contributed by atoms with van der Waals surface area (Å²) >= 11 is 0. The molecule has 7 nitrogen and oxygen atoms in total. The van der Waals surface area contributed by atoms with Gasteiger partial charge in [0.25, 0.3) is 5.91 Å². The lowest BCUT2D eigenvalue weighted by Gasteiger charge is -2.16. The number of nitrogen functional groups attached to an aromatic ring is 1. The smallest absolute Gasteiger partial charge is 0.255 e. The van der Waals surface area contributed by atoms with Crippen molar-refractivity contribution in [3.05, 3.63) is 108 Å². The van der Waals surface area contributed by atoms with Crippen LogP contribution in [0.3, 0.4) is 0 Å². The molecule has 3 aromatic heterocycles. The van der Waals surface area contributed by atoms with E-state index >= 15 is 0 Å². The van der Waals surface area contributed by atoms with E-state index in [2.05, 4.69) is 31.7 Å². The van der Waals surface area contributed by atoms with Gasteiger partial charge in [-0.3, -0.25) is 4.79 Å². The van der Waals surface area contributed by atoms with Crippen LogP contribution in [0.15, 0.2) is 85.3 Å². The van der Waals surface area contributed by atoms with Crippen molar-refractivity contribution in [3.63, 3.8) is 0 Å². The maximum atomic E-state index is 13.2. The van der Waals surface area contributed by atoms with Crippen LogP contribution in [0, 0.1) is 5.82 Å². The number of H-pyrrole nitrogens is 1. The van der Waals surface area contributed by atoms with Gasteiger partial charge in [0.05, 0.1) is 11.6 Å². The fraction of sp³-hybridized carbons (Fsp3) is 0.107. The van der Waals surface area contributed by atoms with Crippen LogP contribution in [0.1, 0.15) is 34.5 Å². The number of carbonyl (C=O) groups excluding carboxylic acids is 1. The summed E-state index contributed by atoms with van der Waals surface area (Å²) < 4.78 is 13.2. The molecule has 0 aliphatic rings. The molecule has 0 saturated heterocycles. The number of fused-ring (bicyclic) bond motifs is 1. The molecule has 0 unspecified atom stereocenters. The molecule has 1 amide bonds. The largest absolute Gasteiger partial charge is 0.398 e. The Morgan fingerprint density at radius 1 is 1.06 bits per heavy atom. The minimum absolute atomic E-state index is 0.266. The predicted molar refractivity (Wildman–Crippen MR) is 140 cm³/mol. The SMILES string of the molecule is C[C@H](NC(=O)c1cccnc1NCc1cccc(-c2c[nH]c3nccc(N)c23)c1)c1ccc(F)cc1. The molecule has 5 aromatic rings. The average molecular weight is 481 g/mol. The Labute approximate surface area is 207 Å². The van der Waals surface area contributed by atoms with Gasteiger partial charge in [-0.05, 0) is 60.0 Å². The van der Waals surface area contributed by atoms with E-state index in [4.69, 9.17) is 5.73 Å². The summed E-state index contributed by atoms with van der Waals surface area (Å²) in [6.07, 6.45) is 5.23. The number of anilines is 2. The van der Waals surface area contributed by atoms with E-state index in [0.29, 0.717) is 23.6 Å². The van der Waals surface area contributed by atoms with E-state index in [1.165, 1.54) is 12.1 Å². The average Bonchev–Trinajstić information content (AvgIpc) is 3.34. The number of nitrogens with one attached hydrogen (secondary N) is 3. The van der Waals surface area contributed by atoms with Gasteiger partial charge in [0.15, 0.2) is 0 Å². The van der Waals surface area contributed by atoms with Crippen molar-refractivity contribution in [1.29, 1.82) is 0 Å². The van der Waals surface area contributed by atoms with E-state index in [0.717, 1.165) is 33.3 Å². The van der Waals surface area contributed by atoms with Gasteiger partial charge in [-0.25, -0.2) is 14.4 Å². The number of aromatic amines is 1. The monoisotopic (exact) mass is 480 g/mol. The fourth-order valence-electron chi connectivity index (χ4n) is 4.18. The third-order valence-electron chi connectivity index (χ3n) is 6.07. The summed E-state index contributed by atoms with van der Waals surface area (Å²) in [5.41, 5.74) is 11.8. The Morgan fingerprint density at radius 2 is 1.89 bits per heavy atom. The molecule has 180 valence electrons. The van der Waals surface area contributed by atoms with Crippen molar-refractivity contribution in [2.75, 3.05) is 11.1 Å². The third kappa shape index (κ3) is 4.74. The summed E-state index contributed by atoms with van der Waals surface area (Å²) in [4.78, 5) is 24.9. The number of hydrogen-bond acceptors (Lipinski definition) is 5. The van der Waals surface area contributed by atoms with Crippen LogP contribution in [0.4, 0.5) is 15.9 Å². The molecule has 5 rings (SSSR count). The number of pyridine rings is 2. The first-order valence-corrected chi connectivity index (χ1v) is 11.6. The van der Waals surface area contributed by atoms with Gasteiger partial charge in [-0.2, -0.15) is 0 Å². The first-order valence-electron chi connectivity index (χ1n) is 11.6. The van der Waals surface area contributed by atoms with Gasteiger partial charge in [0, 0.05) is 41.8 Å². The Bertz CT molecular complexity index is 1530. The highest BCUT2D eigenvalue weighted by Gasteiger charge is 2.16. The van der Waals surface area contributed by atoms with E-state index in [-0.39, 0.29) is 17.8 Å². The molecule has 5 N–H and O–H groups in total. The molecular formula is C28H25FN6O. The van der Waals surface area contributed by atoms with Crippen LogP contribution < -0.4 is 16.4 Å². The van der Waals surface area contributed by atoms with Crippen molar-refractivity contribution < 1.29 is 9.18 Å². The van der Waals surface area contributed by atoms with Gasteiger partial charge in [0.1, 0.15) is 17.3 Å². The molecule has 0 bridgehead atoms. The minimum atomic E-state index is -0.315. The van der Waals surface area contributed by atoms with Crippen molar-refractivity contribution in [1.82, 2.24) is 20.3 Å². The molecule has 3 heterocycles. The number of hydrogen-bond donors (Lipinski definition) is 4. The van der Waals surface area contributed by atoms with Crippen LogP contribution >= 0.6 is 0 Å². The Hall–Kier alpha value is -4.72. The summed E-state index contributed by atoms with van der Waals surface area (Å²) in [6.45, 7) is 2.32. The number of halogens is 1. The van der Waals surface area contributed by atoms with Crippen molar-refractivity contribution in [2.24, 2.45) is 0 Å². The van der Waals surface area contributed by atoms with Gasteiger partial charge in [-0.1, -0.05) is 30.3 Å². The molecular weight excluding hydrogens is 455 g/mol. The van der Waals surface area contributed by atoms with Crippen LogP contribution in [-0.4, -0.2) is 20.9 Å². The lowest BCUT2D eigenvalue weighted by atomic mass is 10.0. The van der Waals surface area contributed by atoms with Crippen LogP contribution in [0.5, 0.6) is 0 Å². The predicted octanol–water partition coefficient (Wildman–Crippen LogP) is 5.45. The zero-order chi connectivity index (χ0) is 25.1. The Balaban J connectivity index is 1.32. The van der Waals surface area contributed by atoms with E-state index < -0.39 is 0 Å². The first kappa shape index (κ1) is 23.0. The maximum absolute atomic E-state index is 13.2. The van der Waals surface area contributed by atoms with Crippen LogP contribution in [0.2, 0.25) is 0 Å². The fourth-order valence-corrected chi connectivity index (χ4v) is 4.18. The van der Waals surface area contributed by atoms with Gasteiger partial charge in [-0.15, -0.1) is 0 Å². The molecule has 8 heteroatoms. The summed E-state index contributed by atoms with van der Waals surface area (Å²) in [6, 6.07) is 19.1. The van der Waals surface area contributed by atoms with Gasteiger partial charge in [0.2, 0.25) is 0 Å². The molecule has 1 atom stereocenters. The van der Waals surface area contributed by atoms with E-state index in [1.807, 2.05) is 31.3 Å². The standard InChI is InChI=1S/C28H25FN6O/c1-17(19-7-9-21(29)10-8-19)35-28(36)22-6-3-12-31-26(22)33-15-18-4-2-5-20(14-18)23-16-34-27-25(23)24(30)11-13-32-27/h2-14,16-17H,15H2,1H3,(H,31,33)(H,35,36)(H3,30,32,34)/t17-/m0/s1. The van der Waals surface area contributed by atoms with Crippen molar-refractivity contribution >= 4 is 28.4 Å². The number of nitrogens with zero attached hydrogens (tertiary/aromatic N) is 2.